The summed E-state index contributed by atoms with van der Waals surface area (Å²) < 4.78 is 0. The molecule has 1 atom stereocenters. The molecule has 0 bridgehead atoms. The number of rotatable bonds is 4. The van der Waals surface area contributed by atoms with Crippen molar-refractivity contribution in [3.8, 4) is 17.0 Å². The van der Waals surface area contributed by atoms with Crippen LogP contribution in [-0.4, -0.2) is 31.1 Å². The topological polar surface area (TPSA) is 82.1 Å². The Hall–Kier alpha value is -3.93. The smallest absolute Gasteiger partial charge is 0.273 e. The van der Waals surface area contributed by atoms with Gasteiger partial charge in [0.1, 0.15) is 17.1 Å². The molecule has 1 aliphatic heterocycles. The minimum Gasteiger partial charge on any atom is -0.507 e. The van der Waals surface area contributed by atoms with E-state index in [0.717, 1.165) is 27.8 Å². The van der Waals surface area contributed by atoms with Gasteiger partial charge in [0, 0.05) is 30.1 Å². The molecule has 3 heterocycles. The molecule has 0 spiro atoms. The van der Waals surface area contributed by atoms with Crippen LogP contribution in [-0.2, 0) is 12.0 Å². The van der Waals surface area contributed by atoms with E-state index in [1.165, 1.54) is 5.56 Å². The van der Waals surface area contributed by atoms with Gasteiger partial charge in [-0.05, 0) is 59.2 Å². The maximum atomic E-state index is 13.7. The van der Waals surface area contributed by atoms with Crippen molar-refractivity contribution in [2.75, 3.05) is 0 Å². The predicted molar refractivity (Wildman–Crippen MR) is 136 cm³/mol. The van der Waals surface area contributed by atoms with Crippen molar-refractivity contribution in [1.29, 1.82) is 0 Å². The van der Waals surface area contributed by atoms with Crippen LogP contribution in [0.3, 0.4) is 0 Å². The fraction of sp³-hybridized carbons (Fsp3) is 0.276. The maximum absolute atomic E-state index is 13.7. The molecular weight excluding hydrogens is 436 g/mol. The molecule has 0 saturated heterocycles. The highest BCUT2D eigenvalue weighted by atomic mass is 16.3. The quantitative estimate of drug-likeness (QED) is 0.396. The first kappa shape index (κ1) is 22.8. The molecule has 0 aliphatic carbocycles. The van der Waals surface area contributed by atoms with Gasteiger partial charge in [-0.25, -0.2) is 0 Å². The average molecular weight is 467 g/mol. The lowest BCUT2D eigenvalue weighted by Crippen LogP contribution is -2.29. The molecule has 1 unspecified atom stereocenters. The minimum absolute atomic E-state index is 0.0240. The number of nitrogens with one attached hydrogen (secondary N) is 1. The SMILES string of the molecule is Cc1cc(C)c(-c2n[nH]c3c2C(c2ccc(C(C)(C)C)cc2)N(Cc2cccnc2)C3=O)c(O)c1. The lowest BCUT2D eigenvalue weighted by Gasteiger charge is -2.27. The van der Waals surface area contributed by atoms with Gasteiger partial charge in [0.05, 0.1) is 6.04 Å². The first-order chi connectivity index (χ1) is 16.6. The third kappa shape index (κ3) is 3.99. The van der Waals surface area contributed by atoms with Crippen LogP contribution < -0.4 is 0 Å². The Labute approximate surface area is 205 Å². The Morgan fingerprint density at radius 1 is 1.09 bits per heavy atom. The second kappa shape index (κ2) is 8.38. The second-order valence-corrected chi connectivity index (χ2v) is 10.4. The molecule has 0 fully saturated rings. The van der Waals surface area contributed by atoms with Gasteiger partial charge in [0.25, 0.3) is 5.91 Å². The molecule has 2 aromatic heterocycles. The zero-order chi connectivity index (χ0) is 24.9. The van der Waals surface area contributed by atoms with E-state index in [2.05, 4.69) is 60.2 Å². The van der Waals surface area contributed by atoms with Gasteiger partial charge < -0.3 is 10.0 Å². The fourth-order valence-electron chi connectivity index (χ4n) is 5.00. The molecule has 2 aromatic carbocycles. The van der Waals surface area contributed by atoms with Crippen LogP contribution in [0.1, 0.15) is 70.7 Å². The molecular formula is C29H30N4O2. The summed E-state index contributed by atoms with van der Waals surface area (Å²) >= 11 is 0. The normalized spacial score (nSPS) is 15.5. The van der Waals surface area contributed by atoms with E-state index in [-0.39, 0.29) is 23.1 Å². The van der Waals surface area contributed by atoms with E-state index in [1.54, 1.807) is 18.5 Å². The molecule has 1 amide bonds. The number of hydrogen-bond donors (Lipinski definition) is 2. The van der Waals surface area contributed by atoms with E-state index in [1.807, 2.05) is 36.9 Å². The number of aromatic nitrogens is 3. The molecule has 1 aliphatic rings. The van der Waals surface area contributed by atoms with Crippen LogP contribution in [0.15, 0.2) is 60.9 Å². The second-order valence-electron chi connectivity index (χ2n) is 10.4. The lowest BCUT2D eigenvalue weighted by molar-refractivity contribution is 0.0730. The summed E-state index contributed by atoms with van der Waals surface area (Å²) in [5.41, 5.74) is 7.61. The minimum atomic E-state index is -0.347. The highest BCUT2D eigenvalue weighted by molar-refractivity contribution is 6.00. The molecule has 2 N–H and O–H groups in total. The number of hydrogen-bond acceptors (Lipinski definition) is 4. The number of aryl methyl sites for hydroxylation is 2. The average Bonchev–Trinajstić information content (AvgIpc) is 3.33. The van der Waals surface area contributed by atoms with Crippen LogP contribution in [0.4, 0.5) is 0 Å². The lowest BCUT2D eigenvalue weighted by atomic mass is 9.85. The first-order valence-electron chi connectivity index (χ1n) is 11.8. The van der Waals surface area contributed by atoms with E-state index in [9.17, 15) is 9.90 Å². The molecule has 4 aromatic rings. The van der Waals surface area contributed by atoms with Crippen molar-refractivity contribution in [2.45, 2.75) is 52.6 Å². The van der Waals surface area contributed by atoms with Crippen molar-refractivity contribution in [2.24, 2.45) is 0 Å². The zero-order valence-electron chi connectivity index (χ0n) is 20.8. The number of phenols is 1. The largest absolute Gasteiger partial charge is 0.507 e. The van der Waals surface area contributed by atoms with Gasteiger partial charge in [0.15, 0.2) is 0 Å². The highest BCUT2D eigenvalue weighted by Gasteiger charge is 2.42. The Bertz CT molecular complexity index is 1380. The van der Waals surface area contributed by atoms with E-state index in [4.69, 9.17) is 0 Å². The summed E-state index contributed by atoms with van der Waals surface area (Å²) in [6, 6.07) is 15.7. The number of benzene rings is 2. The summed E-state index contributed by atoms with van der Waals surface area (Å²) in [7, 11) is 0. The van der Waals surface area contributed by atoms with Gasteiger partial charge in [0.2, 0.25) is 0 Å². The monoisotopic (exact) mass is 466 g/mol. The van der Waals surface area contributed by atoms with Crippen LogP contribution in [0.2, 0.25) is 0 Å². The molecule has 35 heavy (non-hydrogen) atoms. The summed E-state index contributed by atoms with van der Waals surface area (Å²) in [6.45, 7) is 10.9. The number of aromatic hydroxyl groups is 1. The number of nitrogens with zero attached hydrogens (tertiary/aromatic N) is 3. The third-order valence-electron chi connectivity index (χ3n) is 6.73. The molecule has 6 heteroatoms. The van der Waals surface area contributed by atoms with Gasteiger partial charge >= 0.3 is 0 Å². The number of aromatic amines is 1. The van der Waals surface area contributed by atoms with Gasteiger partial charge in [-0.2, -0.15) is 5.10 Å². The Balaban J connectivity index is 1.68. The number of carbonyl (C=O) groups is 1. The summed E-state index contributed by atoms with van der Waals surface area (Å²) in [5, 5.41) is 18.4. The van der Waals surface area contributed by atoms with Crippen molar-refractivity contribution in [3.05, 3.63) is 100.0 Å². The highest BCUT2D eigenvalue weighted by Crippen LogP contribution is 2.46. The zero-order valence-corrected chi connectivity index (χ0v) is 20.8. The third-order valence-corrected chi connectivity index (χ3v) is 6.73. The molecule has 0 radical (unpaired) electrons. The van der Waals surface area contributed by atoms with Crippen LogP contribution in [0.5, 0.6) is 5.75 Å². The van der Waals surface area contributed by atoms with Crippen LogP contribution in [0.25, 0.3) is 11.3 Å². The van der Waals surface area contributed by atoms with Gasteiger partial charge in [-0.15, -0.1) is 0 Å². The van der Waals surface area contributed by atoms with Crippen molar-refractivity contribution < 1.29 is 9.90 Å². The maximum Gasteiger partial charge on any atom is 0.273 e. The number of carbonyl (C=O) groups excluding carboxylic acids is 1. The number of H-pyrrole nitrogens is 1. The van der Waals surface area contributed by atoms with E-state index < -0.39 is 0 Å². The first-order valence-corrected chi connectivity index (χ1v) is 11.8. The molecule has 0 saturated carbocycles. The van der Waals surface area contributed by atoms with Crippen LogP contribution in [0, 0.1) is 13.8 Å². The van der Waals surface area contributed by atoms with Gasteiger partial charge in [-0.3, -0.25) is 14.9 Å². The molecule has 6 nitrogen and oxygen atoms in total. The Morgan fingerprint density at radius 2 is 1.83 bits per heavy atom. The summed E-state index contributed by atoms with van der Waals surface area (Å²) in [5.74, 6) is 0.0496. The van der Waals surface area contributed by atoms with Gasteiger partial charge in [-0.1, -0.05) is 57.2 Å². The Morgan fingerprint density at radius 3 is 2.46 bits per heavy atom. The standard InChI is InChI=1S/C29H30N4O2/c1-17-13-18(2)23(22(34)14-17)25-24-26(32-31-25)28(35)33(16-19-7-6-12-30-15-19)27(24)20-8-10-21(11-9-20)29(3,4)5/h6-15,27,34H,16H2,1-5H3,(H,31,32). The number of fused-ring (bicyclic) bond motifs is 1. The van der Waals surface area contributed by atoms with Crippen molar-refractivity contribution in [1.82, 2.24) is 20.1 Å². The fourth-order valence-corrected chi connectivity index (χ4v) is 5.00. The number of pyridine rings is 1. The molecule has 178 valence electrons. The Kier molecular flexibility index (Phi) is 5.47. The van der Waals surface area contributed by atoms with Crippen LogP contribution >= 0.6 is 0 Å². The van der Waals surface area contributed by atoms with E-state index >= 15 is 0 Å². The molecule has 5 rings (SSSR count). The predicted octanol–water partition coefficient (Wildman–Crippen LogP) is 5.84. The summed E-state index contributed by atoms with van der Waals surface area (Å²) in [6.07, 6.45) is 3.51. The van der Waals surface area contributed by atoms with Crippen molar-refractivity contribution in [3.63, 3.8) is 0 Å². The summed E-state index contributed by atoms with van der Waals surface area (Å²) in [4.78, 5) is 19.7. The van der Waals surface area contributed by atoms with E-state index in [0.29, 0.717) is 23.5 Å². The number of phenolic OH excluding ortho intramolecular Hbond substituents is 1. The van der Waals surface area contributed by atoms with Crippen molar-refractivity contribution >= 4 is 5.91 Å². The number of amides is 1.